The van der Waals surface area contributed by atoms with E-state index in [-0.39, 0.29) is 18.4 Å². The smallest absolute Gasteiger partial charge is 0.260 e. The number of aromatic nitrogens is 3. The summed E-state index contributed by atoms with van der Waals surface area (Å²) in [6.45, 7) is 3.46. The summed E-state index contributed by atoms with van der Waals surface area (Å²) in [4.78, 5) is 38.0. The van der Waals surface area contributed by atoms with Crippen LogP contribution < -0.4 is 31.2 Å². The summed E-state index contributed by atoms with van der Waals surface area (Å²) in [5, 5.41) is 14.8. The number of pyridine rings is 1. The molecule has 1 aromatic carbocycles. The summed E-state index contributed by atoms with van der Waals surface area (Å²) < 4.78 is 5.32. The highest BCUT2D eigenvalue weighted by Gasteiger charge is 2.16. The predicted octanol–water partition coefficient (Wildman–Crippen LogP) is 1.69. The van der Waals surface area contributed by atoms with Crippen molar-refractivity contribution in [3.8, 4) is 5.75 Å². The van der Waals surface area contributed by atoms with Gasteiger partial charge in [-0.05, 0) is 48.7 Å². The van der Waals surface area contributed by atoms with E-state index in [2.05, 4.69) is 41.4 Å². The van der Waals surface area contributed by atoms with Gasteiger partial charge in [-0.1, -0.05) is 6.92 Å². The molecule has 2 heterocycles. The lowest BCUT2D eigenvalue weighted by Crippen LogP contribution is -2.26. The van der Waals surface area contributed by atoms with E-state index in [1.807, 2.05) is 19.1 Å². The van der Waals surface area contributed by atoms with Gasteiger partial charge >= 0.3 is 0 Å². The van der Waals surface area contributed by atoms with Crippen molar-refractivity contribution in [1.29, 1.82) is 0 Å². The Morgan fingerprint density at radius 2 is 1.86 bits per heavy atom. The Kier molecular flexibility index (Phi) is 10.0. The van der Waals surface area contributed by atoms with Gasteiger partial charge in [0, 0.05) is 37.4 Å². The van der Waals surface area contributed by atoms with Gasteiger partial charge in [-0.15, -0.1) is 0 Å². The molecule has 0 bridgehead atoms. The van der Waals surface area contributed by atoms with Crippen LogP contribution in [-0.2, 0) is 11.2 Å². The molecule has 11 nitrogen and oxygen atoms in total. The lowest BCUT2D eigenvalue weighted by Gasteiger charge is -2.15. The number of rotatable bonds is 13. The molecule has 36 heavy (non-hydrogen) atoms. The summed E-state index contributed by atoms with van der Waals surface area (Å²) in [5.41, 5.74) is 2.39. The number of benzene rings is 1. The van der Waals surface area contributed by atoms with Crippen LogP contribution in [0.5, 0.6) is 5.75 Å². The Morgan fingerprint density at radius 3 is 2.58 bits per heavy atom. The monoisotopic (exact) mass is 490 g/mol. The van der Waals surface area contributed by atoms with E-state index < -0.39 is 0 Å². The van der Waals surface area contributed by atoms with E-state index in [4.69, 9.17) is 4.74 Å². The molecule has 0 saturated carbocycles. The molecule has 0 fully saturated rings. The minimum atomic E-state index is -0.380. The minimum Gasteiger partial charge on any atom is -0.495 e. The van der Waals surface area contributed by atoms with Gasteiger partial charge in [-0.2, -0.15) is 4.98 Å². The normalized spacial score (nSPS) is 10.4. The van der Waals surface area contributed by atoms with Crippen LogP contribution in [0, 0.1) is 0 Å². The van der Waals surface area contributed by atoms with E-state index in [1.165, 1.54) is 13.3 Å². The third kappa shape index (κ3) is 7.67. The molecular weight excluding hydrogens is 459 g/mol. The second-order valence-corrected chi connectivity index (χ2v) is 7.86. The van der Waals surface area contributed by atoms with Crippen LogP contribution in [-0.4, -0.2) is 61.5 Å². The fraction of sp³-hybridized carbons (Fsp3) is 0.292. The number of hydrogen-bond donors (Lipinski definition) is 5. The first-order chi connectivity index (χ1) is 17.5. The Bertz CT molecular complexity index is 1160. The quantitative estimate of drug-likeness (QED) is 0.226. The van der Waals surface area contributed by atoms with Gasteiger partial charge in [0.1, 0.15) is 17.1 Å². The lowest BCUT2D eigenvalue weighted by molar-refractivity contribution is -0.115. The standard InChI is InChI=1S/C24H31BN8O3/c1-3-9-27-22-18(14-29-24(33-22)28-12-8-16-6-10-26-11-7-16)23(35)31-17-4-5-20(36-2)19(13-17)32-21(34)15-30-25/h4-7,10-11,13-14,30H,3,8-9,12,15,25H2,1-2H3,(H,31,35)(H,32,34)(H2,27,28,29,33). The maximum absolute atomic E-state index is 13.1. The van der Waals surface area contributed by atoms with Crippen molar-refractivity contribution >= 4 is 42.9 Å². The molecule has 0 aliphatic heterocycles. The number of nitrogens with zero attached hydrogens (tertiary/aromatic N) is 3. The van der Waals surface area contributed by atoms with Gasteiger partial charge in [0.25, 0.3) is 5.91 Å². The van der Waals surface area contributed by atoms with E-state index >= 15 is 0 Å². The topological polar surface area (TPSA) is 142 Å². The van der Waals surface area contributed by atoms with Crippen molar-refractivity contribution in [2.75, 3.05) is 48.0 Å². The number of carbonyl (C=O) groups excluding carboxylic acids is 2. The molecule has 0 radical (unpaired) electrons. The van der Waals surface area contributed by atoms with E-state index in [0.29, 0.717) is 47.5 Å². The number of amides is 2. The highest BCUT2D eigenvalue weighted by molar-refractivity contribution is 6.08. The van der Waals surface area contributed by atoms with Gasteiger partial charge in [0.2, 0.25) is 11.9 Å². The molecule has 5 N–H and O–H groups in total. The van der Waals surface area contributed by atoms with Gasteiger partial charge in [0.15, 0.2) is 7.98 Å². The molecule has 3 aromatic rings. The van der Waals surface area contributed by atoms with Crippen molar-refractivity contribution < 1.29 is 14.3 Å². The van der Waals surface area contributed by atoms with Crippen LogP contribution in [0.4, 0.5) is 23.1 Å². The summed E-state index contributed by atoms with van der Waals surface area (Å²) >= 11 is 0. The highest BCUT2D eigenvalue weighted by atomic mass is 16.5. The Morgan fingerprint density at radius 1 is 1.06 bits per heavy atom. The Balaban J connectivity index is 1.73. The molecule has 0 spiro atoms. The first-order valence-corrected chi connectivity index (χ1v) is 11.7. The summed E-state index contributed by atoms with van der Waals surface area (Å²) in [6.07, 6.45) is 6.66. The second-order valence-electron chi connectivity index (χ2n) is 7.86. The maximum atomic E-state index is 13.1. The zero-order valence-corrected chi connectivity index (χ0v) is 20.7. The first kappa shape index (κ1) is 26.4. The first-order valence-electron chi connectivity index (χ1n) is 11.7. The molecule has 188 valence electrons. The number of methoxy groups -OCH3 is 1. The number of hydrogen-bond acceptors (Lipinski definition) is 9. The van der Waals surface area contributed by atoms with E-state index in [9.17, 15) is 9.59 Å². The average Bonchev–Trinajstić information content (AvgIpc) is 2.88. The average molecular weight is 490 g/mol. The predicted molar refractivity (Wildman–Crippen MR) is 143 cm³/mol. The van der Waals surface area contributed by atoms with Gasteiger partial charge in [0.05, 0.1) is 19.3 Å². The molecule has 2 amide bonds. The van der Waals surface area contributed by atoms with Crippen LogP contribution in [0.3, 0.4) is 0 Å². The summed E-state index contributed by atoms with van der Waals surface area (Å²) in [6, 6.07) is 8.92. The van der Waals surface area contributed by atoms with Crippen LogP contribution in [0.1, 0.15) is 29.3 Å². The maximum Gasteiger partial charge on any atom is 0.260 e. The fourth-order valence-electron chi connectivity index (χ4n) is 3.32. The SMILES string of the molecule is BNCC(=O)Nc1cc(NC(=O)c2cnc(NCCc3ccncc3)nc2NCCC)ccc1OC. The second kappa shape index (κ2) is 13.6. The van der Waals surface area contributed by atoms with E-state index in [1.54, 1.807) is 38.6 Å². The number of ether oxygens (including phenoxy) is 1. The molecule has 0 aliphatic rings. The largest absolute Gasteiger partial charge is 0.495 e. The minimum absolute atomic E-state index is 0.145. The number of nitrogens with one attached hydrogen (secondary N) is 5. The van der Waals surface area contributed by atoms with Gasteiger partial charge in [-0.25, -0.2) is 4.98 Å². The molecule has 3 rings (SSSR count). The molecule has 0 aliphatic carbocycles. The molecule has 0 atom stereocenters. The van der Waals surface area contributed by atoms with Crippen LogP contribution in [0.25, 0.3) is 0 Å². The molecule has 0 saturated heterocycles. The van der Waals surface area contributed by atoms with Crippen LogP contribution in [0.2, 0.25) is 0 Å². The third-order valence-electron chi connectivity index (χ3n) is 5.09. The number of carbonyl (C=O) groups is 2. The van der Waals surface area contributed by atoms with E-state index in [0.717, 1.165) is 18.4 Å². The molecule has 0 unspecified atom stereocenters. The molecule has 12 heteroatoms. The molecular formula is C24H31BN8O3. The zero-order valence-electron chi connectivity index (χ0n) is 20.7. The van der Waals surface area contributed by atoms with Crippen molar-refractivity contribution in [2.24, 2.45) is 0 Å². The van der Waals surface area contributed by atoms with Crippen molar-refractivity contribution in [3.05, 3.63) is 60.0 Å². The Hall–Kier alpha value is -4.19. The van der Waals surface area contributed by atoms with Crippen LogP contribution >= 0.6 is 0 Å². The van der Waals surface area contributed by atoms with Gasteiger partial charge < -0.3 is 31.2 Å². The Labute approximate surface area is 211 Å². The fourth-order valence-corrected chi connectivity index (χ4v) is 3.32. The van der Waals surface area contributed by atoms with Crippen molar-refractivity contribution in [2.45, 2.75) is 19.8 Å². The molecule has 2 aromatic heterocycles. The van der Waals surface area contributed by atoms with Crippen LogP contribution in [0.15, 0.2) is 48.9 Å². The lowest BCUT2D eigenvalue weighted by atomic mass is 10.2. The summed E-state index contributed by atoms with van der Waals surface area (Å²) in [7, 11) is 3.19. The third-order valence-corrected chi connectivity index (χ3v) is 5.09. The highest BCUT2D eigenvalue weighted by Crippen LogP contribution is 2.28. The van der Waals surface area contributed by atoms with Crippen molar-refractivity contribution in [3.63, 3.8) is 0 Å². The summed E-state index contributed by atoms with van der Waals surface area (Å²) in [5.74, 6) is 0.735. The van der Waals surface area contributed by atoms with Gasteiger partial charge in [-0.3, -0.25) is 14.6 Å². The van der Waals surface area contributed by atoms with Crippen molar-refractivity contribution in [1.82, 2.24) is 20.2 Å². The zero-order chi connectivity index (χ0) is 25.8. The number of anilines is 4.